The molecule has 1 atom stereocenters. The number of hydrogen-bond donors (Lipinski definition) is 1. The fourth-order valence-electron chi connectivity index (χ4n) is 1.10. The molecule has 1 aliphatic rings. The van der Waals surface area contributed by atoms with Crippen LogP contribution in [0.1, 0.15) is 26.7 Å². The minimum absolute atomic E-state index is 0.705. The van der Waals surface area contributed by atoms with Crippen molar-refractivity contribution in [1.29, 1.82) is 0 Å². The van der Waals surface area contributed by atoms with Crippen molar-refractivity contribution in [3.05, 3.63) is 12.2 Å². The summed E-state index contributed by atoms with van der Waals surface area (Å²) < 4.78 is 0. The average Bonchev–Trinajstić information content (AvgIpc) is 2.63. The Morgan fingerprint density at radius 2 is 2.30 bits per heavy atom. The average molecular weight is 139 g/mol. The van der Waals surface area contributed by atoms with Crippen LogP contribution in [0, 0.1) is 5.92 Å². The van der Waals surface area contributed by atoms with Gasteiger partial charge in [0.1, 0.15) is 0 Å². The molecule has 1 fully saturated rings. The van der Waals surface area contributed by atoms with Gasteiger partial charge in [0, 0.05) is 12.6 Å². The van der Waals surface area contributed by atoms with Gasteiger partial charge in [-0.2, -0.15) is 0 Å². The Bertz CT molecular complexity index is 125. The van der Waals surface area contributed by atoms with E-state index < -0.39 is 0 Å². The molecule has 0 aliphatic heterocycles. The van der Waals surface area contributed by atoms with Crippen molar-refractivity contribution in [1.82, 2.24) is 5.32 Å². The number of hydrogen-bond acceptors (Lipinski definition) is 1. The quantitative estimate of drug-likeness (QED) is 0.587. The van der Waals surface area contributed by atoms with Crippen molar-refractivity contribution in [2.45, 2.75) is 32.7 Å². The minimum atomic E-state index is 0.705. The summed E-state index contributed by atoms with van der Waals surface area (Å²) in [5, 5.41) is 3.44. The summed E-state index contributed by atoms with van der Waals surface area (Å²) in [7, 11) is 0. The predicted octanol–water partition coefficient (Wildman–Crippen LogP) is 1.95. The smallest absolute Gasteiger partial charge is 0.0161 e. The maximum Gasteiger partial charge on any atom is 0.0161 e. The Kier molecular flexibility index (Phi) is 2.50. The molecule has 0 saturated heterocycles. The molecule has 10 heavy (non-hydrogen) atoms. The van der Waals surface area contributed by atoms with Crippen LogP contribution in [0.2, 0.25) is 0 Å². The van der Waals surface area contributed by atoms with Crippen LogP contribution in [0.5, 0.6) is 0 Å². The van der Waals surface area contributed by atoms with Crippen LogP contribution >= 0.6 is 0 Å². The van der Waals surface area contributed by atoms with Gasteiger partial charge < -0.3 is 5.32 Å². The van der Waals surface area contributed by atoms with E-state index in [1.807, 2.05) is 0 Å². The summed E-state index contributed by atoms with van der Waals surface area (Å²) in [4.78, 5) is 0. The first-order valence-electron chi connectivity index (χ1n) is 4.08. The number of rotatable bonds is 4. The normalized spacial score (nSPS) is 20.6. The molecule has 0 heterocycles. The highest BCUT2D eigenvalue weighted by Crippen LogP contribution is 2.32. The van der Waals surface area contributed by atoms with Gasteiger partial charge in [-0.3, -0.25) is 0 Å². The van der Waals surface area contributed by atoms with E-state index in [2.05, 4.69) is 25.7 Å². The van der Waals surface area contributed by atoms with Crippen molar-refractivity contribution in [3.63, 3.8) is 0 Å². The maximum atomic E-state index is 3.84. The molecule has 0 radical (unpaired) electrons. The van der Waals surface area contributed by atoms with Gasteiger partial charge in [-0.05, 0) is 32.6 Å². The van der Waals surface area contributed by atoms with Crippen LogP contribution in [-0.2, 0) is 0 Å². The van der Waals surface area contributed by atoms with Gasteiger partial charge in [0.15, 0.2) is 0 Å². The highest BCUT2D eigenvalue weighted by molar-refractivity contribution is 4.93. The zero-order chi connectivity index (χ0) is 7.56. The Hall–Kier alpha value is -0.300. The van der Waals surface area contributed by atoms with E-state index in [0.29, 0.717) is 6.04 Å². The molecule has 1 saturated carbocycles. The van der Waals surface area contributed by atoms with Crippen molar-refractivity contribution in [2.75, 3.05) is 6.54 Å². The molecule has 0 spiro atoms. The second-order valence-corrected chi connectivity index (χ2v) is 3.46. The van der Waals surface area contributed by atoms with E-state index in [-0.39, 0.29) is 0 Å². The Morgan fingerprint density at radius 1 is 1.70 bits per heavy atom. The topological polar surface area (TPSA) is 12.0 Å². The maximum absolute atomic E-state index is 3.84. The third-order valence-corrected chi connectivity index (χ3v) is 2.05. The van der Waals surface area contributed by atoms with E-state index in [4.69, 9.17) is 0 Å². The molecule has 0 bridgehead atoms. The molecule has 1 N–H and O–H groups in total. The molecule has 58 valence electrons. The summed E-state index contributed by atoms with van der Waals surface area (Å²) in [6, 6.07) is 0.705. The van der Waals surface area contributed by atoms with E-state index in [1.165, 1.54) is 18.4 Å². The molecule has 0 aromatic rings. The van der Waals surface area contributed by atoms with Crippen LogP contribution < -0.4 is 5.32 Å². The Balaban J connectivity index is 2.05. The van der Waals surface area contributed by atoms with Crippen LogP contribution in [0.15, 0.2) is 12.2 Å². The molecule has 1 aliphatic carbocycles. The lowest BCUT2D eigenvalue weighted by Crippen LogP contribution is -2.28. The minimum Gasteiger partial charge on any atom is -0.310 e. The first-order valence-corrected chi connectivity index (χ1v) is 4.08. The SMILES string of the molecule is C=C(C)CNC(C)C1CC1. The van der Waals surface area contributed by atoms with E-state index in [9.17, 15) is 0 Å². The largest absolute Gasteiger partial charge is 0.310 e. The molecule has 0 aromatic heterocycles. The van der Waals surface area contributed by atoms with Crippen molar-refractivity contribution in [2.24, 2.45) is 5.92 Å². The second kappa shape index (κ2) is 3.20. The Morgan fingerprint density at radius 3 is 2.70 bits per heavy atom. The Labute approximate surface area is 63.5 Å². The van der Waals surface area contributed by atoms with Gasteiger partial charge in [0.05, 0.1) is 0 Å². The molecule has 1 heteroatoms. The van der Waals surface area contributed by atoms with Gasteiger partial charge >= 0.3 is 0 Å². The lowest BCUT2D eigenvalue weighted by atomic mass is 10.2. The van der Waals surface area contributed by atoms with Gasteiger partial charge in [-0.25, -0.2) is 0 Å². The van der Waals surface area contributed by atoms with Crippen molar-refractivity contribution in [3.8, 4) is 0 Å². The summed E-state index contributed by atoms with van der Waals surface area (Å²) in [5.74, 6) is 0.958. The second-order valence-electron chi connectivity index (χ2n) is 3.46. The van der Waals surface area contributed by atoms with Crippen LogP contribution in [0.3, 0.4) is 0 Å². The van der Waals surface area contributed by atoms with Crippen LogP contribution in [0.4, 0.5) is 0 Å². The standard InChI is InChI=1S/C9H17N/c1-7(2)6-10-8(3)9-4-5-9/h8-10H,1,4-6H2,2-3H3. The fraction of sp³-hybridized carbons (Fsp3) is 0.778. The van der Waals surface area contributed by atoms with E-state index >= 15 is 0 Å². The zero-order valence-electron chi connectivity index (χ0n) is 6.98. The third-order valence-electron chi connectivity index (χ3n) is 2.05. The first-order chi connectivity index (χ1) is 4.70. The first kappa shape index (κ1) is 7.80. The lowest BCUT2D eigenvalue weighted by molar-refractivity contribution is 0.518. The van der Waals surface area contributed by atoms with E-state index in [0.717, 1.165) is 12.5 Å². The summed E-state index contributed by atoms with van der Waals surface area (Å²) in [5.41, 5.74) is 1.23. The molecule has 0 amide bonds. The van der Waals surface area contributed by atoms with Crippen LogP contribution in [0.25, 0.3) is 0 Å². The van der Waals surface area contributed by atoms with Crippen LogP contribution in [-0.4, -0.2) is 12.6 Å². The molecule has 1 nitrogen and oxygen atoms in total. The highest BCUT2D eigenvalue weighted by atomic mass is 14.9. The molecule has 1 rings (SSSR count). The molecule has 1 unspecified atom stereocenters. The van der Waals surface area contributed by atoms with Gasteiger partial charge in [0.2, 0.25) is 0 Å². The number of nitrogens with one attached hydrogen (secondary N) is 1. The zero-order valence-corrected chi connectivity index (χ0v) is 6.98. The van der Waals surface area contributed by atoms with Crippen molar-refractivity contribution >= 4 is 0 Å². The van der Waals surface area contributed by atoms with Crippen molar-refractivity contribution < 1.29 is 0 Å². The summed E-state index contributed by atoms with van der Waals surface area (Å²) >= 11 is 0. The monoisotopic (exact) mass is 139 g/mol. The molecule has 0 aromatic carbocycles. The lowest BCUT2D eigenvalue weighted by Gasteiger charge is -2.11. The van der Waals surface area contributed by atoms with Gasteiger partial charge in [0.25, 0.3) is 0 Å². The highest BCUT2D eigenvalue weighted by Gasteiger charge is 2.26. The van der Waals surface area contributed by atoms with Gasteiger partial charge in [-0.1, -0.05) is 12.2 Å². The van der Waals surface area contributed by atoms with E-state index in [1.54, 1.807) is 0 Å². The van der Waals surface area contributed by atoms with Gasteiger partial charge in [-0.15, -0.1) is 0 Å². The molecular formula is C9H17N. The fourth-order valence-corrected chi connectivity index (χ4v) is 1.10. The third kappa shape index (κ3) is 2.53. The predicted molar refractivity (Wildman–Crippen MR) is 45.0 cm³/mol. The molecular weight excluding hydrogens is 122 g/mol. The summed E-state index contributed by atoms with van der Waals surface area (Å²) in [6.45, 7) is 9.15. The summed E-state index contributed by atoms with van der Waals surface area (Å²) in [6.07, 6.45) is 2.84.